The topological polar surface area (TPSA) is 76.4 Å². The van der Waals surface area contributed by atoms with E-state index in [1.54, 1.807) is 14.0 Å². The van der Waals surface area contributed by atoms with Crippen LogP contribution in [0.15, 0.2) is 24.3 Å². The predicted molar refractivity (Wildman–Crippen MR) is 129 cm³/mol. The van der Waals surface area contributed by atoms with E-state index in [0.717, 1.165) is 34.8 Å². The molecule has 3 aromatic rings. The van der Waals surface area contributed by atoms with E-state index in [4.69, 9.17) is 31.3 Å². The summed E-state index contributed by atoms with van der Waals surface area (Å²) >= 11 is 6.52. The minimum atomic E-state index is 0. The summed E-state index contributed by atoms with van der Waals surface area (Å²) in [5, 5.41) is 0.645. The number of nitrogens with zero attached hydrogens (tertiary/aromatic N) is 6. The molecule has 0 bridgehead atoms. The molecule has 1 aliphatic heterocycles. The van der Waals surface area contributed by atoms with Crippen LogP contribution in [-0.2, 0) is 16.1 Å². The Labute approximate surface area is 199 Å². The number of halogens is 2. The summed E-state index contributed by atoms with van der Waals surface area (Å²) < 4.78 is 7.37. The number of aromatic nitrogens is 4. The Hall–Kier alpha value is -2.42. The van der Waals surface area contributed by atoms with Crippen molar-refractivity contribution in [2.45, 2.75) is 26.8 Å². The zero-order valence-corrected chi connectivity index (χ0v) is 20.1. The molecule has 8 nitrogen and oxygen atoms in total. The van der Waals surface area contributed by atoms with Crippen LogP contribution in [0.5, 0.6) is 0 Å². The molecule has 1 amide bonds. The maximum absolute atomic E-state index is 11.7. The molecule has 1 aliphatic rings. The Bertz CT molecular complexity index is 1100. The van der Waals surface area contributed by atoms with E-state index in [1.807, 2.05) is 36.1 Å². The van der Waals surface area contributed by atoms with Crippen LogP contribution in [0.25, 0.3) is 22.6 Å². The molecule has 2 aromatic heterocycles. The third kappa shape index (κ3) is 4.82. The first-order valence-corrected chi connectivity index (χ1v) is 10.9. The lowest BCUT2D eigenvalue weighted by molar-refractivity contribution is -0.129. The molecule has 10 heteroatoms. The van der Waals surface area contributed by atoms with Crippen LogP contribution in [-0.4, -0.2) is 70.2 Å². The maximum atomic E-state index is 11.7. The van der Waals surface area contributed by atoms with E-state index in [2.05, 4.69) is 9.47 Å². The number of fused-ring (bicyclic) bond motifs is 1. The predicted octanol–water partition coefficient (Wildman–Crippen LogP) is 3.58. The number of rotatable bonds is 6. The Morgan fingerprint density at radius 3 is 2.50 bits per heavy atom. The monoisotopic (exact) mass is 478 g/mol. The molecule has 32 heavy (non-hydrogen) atoms. The second-order valence-electron chi connectivity index (χ2n) is 7.67. The number of hydrogen-bond donors (Lipinski definition) is 0. The van der Waals surface area contributed by atoms with Gasteiger partial charge in [0.2, 0.25) is 5.91 Å². The summed E-state index contributed by atoms with van der Waals surface area (Å²) in [4.78, 5) is 30.2. The van der Waals surface area contributed by atoms with Gasteiger partial charge < -0.3 is 19.1 Å². The summed E-state index contributed by atoms with van der Waals surface area (Å²) in [5.74, 6) is 2.38. The Kier molecular flexibility index (Phi) is 7.92. The number of anilines is 1. The van der Waals surface area contributed by atoms with Gasteiger partial charge in [0.05, 0.1) is 5.02 Å². The van der Waals surface area contributed by atoms with Gasteiger partial charge in [0.15, 0.2) is 17.0 Å². The van der Waals surface area contributed by atoms with E-state index in [1.165, 1.54) is 0 Å². The average molecular weight is 479 g/mol. The minimum Gasteiger partial charge on any atom is -0.385 e. The highest BCUT2D eigenvalue weighted by molar-refractivity contribution is 6.33. The fourth-order valence-electron chi connectivity index (χ4n) is 3.97. The van der Waals surface area contributed by atoms with Gasteiger partial charge in [-0.2, -0.15) is 0 Å². The molecule has 1 saturated heterocycles. The second kappa shape index (κ2) is 10.5. The molecule has 3 heterocycles. The Morgan fingerprint density at radius 2 is 1.84 bits per heavy atom. The van der Waals surface area contributed by atoms with E-state index >= 15 is 0 Å². The molecular formula is C22H28Cl2N6O2. The van der Waals surface area contributed by atoms with Gasteiger partial charge in [-0.25, -0.2) is 15.0 Å². The molecule has 0 saturated carbocycles. The molecule has 1 aromatic carbocycles. The molecule has 0 N–H and O–H groups in total. The summed E-state index contributed by atoms with van der Waals surface area (Å²) in [6.45, 7) is 7.63. The number of piperazine rings is 1. The highest BCUT2D eigenvalue weighted by atomic mass is 35.5. The zero-order chi connectivity index (χ0) is 22.0. The number of carbonyl (C=O) groups excluding carboxylic acids is 1. The Balaban J connectivity index is 0.00000289. The minimum absolute atomic E-state index is 0. The van der Waals surface area contributed by atoms with Crippen molar-refractivity contribution in [1.82, 2.24) is 24.4 Å². The third-order valence-corrected chi connectivity index (χ3v) is 5.89. The third-order valence-electron chi connectivity index (χ3n) is 5.56. The van der Waals surface area contributed by atoms with Gasteiger partial charge in [0, 0.05) is 58.9 Å². The molecule has 4 rings (SSSR count). The summed E-state index contributed by atoms with van der Waals surface area (Å²) in [5.41, 5.74) is 2.42. The molecule has 0 radical (unpaired) electrons. The number of imidazole rings is 1. The highest BCUT2D eigenvalue weighted by Crippen LogP contribution is 2.33. The number of hydrogen-bond acceptors (Lipinski definition) is 6. The fourth-order valence-corrected chi connectivity index (χ4v) is 4.19. The van der Waals surface area contributed by atoms with Crippen molar-refractivity contribution in [2.24, 2.45) is 0 Å². The van der Waals surface area contributed by atoms with Crippen molar-refractivity contribution >= 4 is 46.9 Å². The lowest BCUT2D eigenvalue weighted by atomic mass is 10.2. The standard InChI is InChI=1S/C22H27ClN6O2.ClH/c1-15-24-21(28-12-10-27(11-13-28)16(2)30)19-22(25-15)29(9-6-14-31-3)20(26-19)17-7-4-5-8-18(17)23;/h4-5,7-8H,6,9-14H2,1-3H3;1H. The number of aryl methyl sites for hydroxylation is 2. The summed E-state index contributed by atoms with van der Waals surface area (Å²) in [6.07, 6.45) is 0.828. The van der Waals surface area contributed by atoms with Gasteiger partial charge in [0.25, 0.3) is 0 Å². The first-order chi connectivity index (χ1) is 15.0. The maximum Gasteiger partial charge on any atom is 0.219 e. The van der Waals surface area contributed by atoms with Gasteiger partial charge in [0.1, 0.15) is 11.6 Å². The van der Waals surface area contributed by atoms with Crippen molar-refractivity contribution in [2.75, 3.05) is 44.8 Å². The van der Waals surface area contributed by atoms with Gasteiger partial charge in [-0.15, -0.1) is 12.4 Å². The zero-order valence-electron chi connectivity index (χ0n) is 18.5. The van der Waals surface area contributed by atoms with Crippen LogP contribution in [0.2, 0.25) is 5.02 Å². The molecule has 0 aliphatic carbocycles. The number of methoxy groups -OCH3 is 1. The van der Waals surface area contributed by atoms with Gasteiger partial charge in [-0.1, -0.05) is 23.7 Å². The van der Waals surface area contributed by atoms with E-state index in [0.29, 0.717) is 50.2 Å². The van der Waals surface area contributed by atoms with Crippen LogP contribution >= 0.6 is 24.0 Å². The van der Waals surface area contributed by atoms with Crippen LogP contribution in [0, 0.1) is 6.92 Å². The van der Waals surface area contributed by atoms with Crippen LogP contribution in [0.4, 0.5) is 5.82 Å². The van der Waals surface area contributed by atoms with Crippen molar-refractivity contribution in [3.05, 3.63) is 35.1 Å². The fraction of sp³-hybridized carbons (Fsp3) is 0.455. The largest absolute Gasteiger partial charge is 0.385 e. The van der Waals surface area contributed by atoms with Crippen LogP contribution < -0.4 is 4.90 Å². The van der Waals surface area contributed by atoms with Gasteiger partial charge in [-0.3, -0.25) is 4.79 Å². The SMILES string of the molecule is COCCCn1c(-c2ccccc2Cl)nc2c(N3CCN(C(C)=O)CC3)nc(C)nc21.Cl. The summed E-state index contributed by atoms with van der Waals surface area (Å²) in [6, 6.07) is 7.71. The van der Waals surface area contributed by atoms with Crippen LogP contribution in [0.1, 0.15) is 19.2 Å². The first kappa shape index (κ1) is 24.2. The molecule has 0 atom stereocenters. The quantitative estimate of drug-likeness (QED) is 0.503. The van der Waals surface area contributed by atoms with Crippen molar-refractivity contribution in [3.8, 4) is 11.4 Å². The Morgan fingerprint density at radius 1 is 1.12 bits per heavy atom. The number of ether oxygens (including phenoxy) is 1. The lowest BCUT2D eigenvalue weighted by Crippen LogP contribution is -2.48. The number of carbonyl (C=O) groups is 1. The highest BCUT2D eigenvalue weighted by Gasteiger charge is 2.25. The smallest absolute Gasteiger partial charge is 0.219 e. The van der Waals surface area contributed by atoms with Crippen molar-refractivity contribution in [3.63, 3.8) is 0 Å². The molecule has 172 valence electrons. The van der Waals surface area contributed by atoms with E-state index in [-0.39, 0.29) is 18.3 Å². The molecule has 1 fully saturated rings. The molecular weight excluding hydrogens is 451 g/mol. The summed E-state index contributed by atoms with van der Waals surface area (Å²) in [7, 11) is 1.70. The average Bonchev–Trinajstić information content (AvgIpc) is 3.12. The lowest BCUT2D eigenvalue weighted by Gasteiger charge is -2.34. The van der Waals surface area contributed by atoms with E-state index in [9.17, 15) is 4.79 Å². The normalized spacial score (nSPS) is 14.0. The van der Waals surface area contributed by atoms with Gasteiger partial charge in [-0.05, 0) is 25.5 Å². The van der Waals surface area contributed by atoms with Crippen molar-refractivity contribution < 1.29 is 9.53 Å². The van der Waals surface area contributed by atoms with Gasteiger partial charge >= 0.3 is 0 Å². The van der Waals surface area contributed by atoms with E-state index < -0.39 is 0 Å². The molecule has 0 spiro atoms. The number of amides is 1. The molecule has 0 unspecified atom stereocenters. The number of benzene rings is 1. The van der Waals surface area contributed by atoms with Crippen LogP contribution in [0.3, 0.4) is 0 Å². The first-order valence-electron chi connectivity index (χ1n) is 10.5. The second-order valence-corrected chi connectivity index (χ2v) is 8.08. The van der Waals surface area contributed by atoms with Crippen molar-refractivity contribution in [1.29, 1.82) is 0 Å².